The van der Waals surface area contributed by atoms with E-state index in [1.165, 1.54) is 0 Å². The molecule has 0 saturated carbocycles. The van der Waals surface area contributed by atoms with Gasteiger partial charge in [0.15, 0.2) is 0 Å². The van der Waals surface area contributed by atoms with Gasteiger partial charge in [0, 0.05) is 11.9 Å². The van der Waals surface area contributed by atoms with Crippen LogP contribution in [0.15, 0.2) is 28.7 Å². The Morgan fingerprint density at radius 2 is 2.32 bits per heavy atom. The van der Waals surface area contributed by atoms with Gasteiger partial charge in [-0.1, -0.05) is 23.7 Å². The standard InChI is InChI=1S/C14H15ClN2O2/c15-12-10-3-1-2-4-11(10)19-13(12)14(18)17-8-9-5-6-16-7-9/h1-4,9,16H,5-8H2,(H,17,18)/t9-/m0/s1. The molecule has 0 unspecified atom stereocenters. The van der Waals surface area contributed by atoms with Crippen molar-refractivity contribution in [3.05, 3.63) is 35.0 Å². The molecule has 2 aromatic rings. The van der Waals surface area contributed by atoms with Gasteiger partial charge in [-0.15, -0.1) is 0 Å². The molecule has 100 valence electrons. The maximum Gasteiger partial charge on any atom is 0.288 e. The summed E-state index contributed by atoms with van der Waals surface area (Å²) in [4.78, 5) is 12.1. The maximum absolute atomic E-state index is 12.1. The van der Waals surface area contributed by atoms with Crippen LogP contribution in [0.1, 0.15) is 17.0 Å². The largest absolute Gasteiger partial charge is 0.449 e. The van der Waals surface area contributed by atoms with Crippen molar-refractivity contribution in [1.29, 1.82) is 0 Å². The molecule has 0 aliphatic carbocycles. The van der Waals surface area contributed by atoms with E-state index in [1.807, 2.05) is 18.2 Å². The molecule has 2 heterocycles. The van der Waals surface area contributed by atoms with E-state index in [4.69, 9.17) is 16.0 Å². The fourth-order valence-electron chi connectivity index (χ4n) is 2.37. The quantitative estimate of drug-likeness (QED) is 0.907. The predicted octanol–water partition coefficient (Wildman–Crippen LogP) is 2.43. The van der Waals surface area contributed by atoms with Crippen LogP contribution >= 0.6 is 11.6 Å². The number of nitrogens with one attached hydrogen (secondary N) is 2. The molecule has 0 bridgehead atoms. The average molecular weight is 279 g/mol. The molecule has 4 nitrogen and oxygen atoms in total. The Bertz CT molecular complexity index is 603. The third kappa shape index (κ3) is 2.46. The normalized spacial score (nSPS) is 18.9. The van der Waals surface area contributed by atoms with E-state index in [-0.39, 0.29) is 11.7 Å². The van der Waals surface area contributed by atoms with E-state index >= 15 is 0 Å². The second-order valence-electron chi connectivity index (χ2n) is 4.81. The summed E-state index contributed by atoms with van der Waals surface area (Å²) in [6, 6.07) is 7.38. The Labute approximate surface area is 116 Å². The van der Waals surface area contributed by atoms with Gasteiger partial charge in [0.1, 0.15) is 5.58 Å². The zero-order chi connectivity index (χ0) is 13.2. The highest BCUT2D eigenvalue weighted by molar-refractivity contribution is 6.38. The van der Waals surface area contributed by atoms with E-state index < -0.39 is 0 Å². The molecule has 1 aromatic carbocycles. The van der Waals surface area contributed by atoms with Crippen molar-refractivity contribution in [2.75, 3.05) is 19.6 Å². The van der Waals surface area contributed by atoms with Crippen LogP contribution in [0.4, 0.5) is 0 Å². The average Bonchev–Trinajstić information content (AvgIpc) is 3.05. The summed E-state index contributed by atoms with van der Waals surface area (Å²) >= 11 is 6.18. The summed E-state index contributed by atoms with van der Waals surface area (Å²) in [7, 11) is 0. The smallest absolute Gasteiger partial charge is 0.288 e. The molecule has 1 aliphatic rings. The maximum atomic E-state index is 12.1. The molecule has 2 N–H and O–H groups in total. The van der Waals surface area contributed by atoms with Crippen molar-refractivity contribution in [1.82, 2.24) is 10.6 Å². The number of rotatable bonds is 3. The Balaban J connectivity index is 1.75. The highest BCUT2D eigenvalue weighted by atomic mass is 35.5. The van der Waals surface area contributed by atoms with Crippen LogP contribution in [0.25, 0.3) is 11.0 Å². The Morgan fingerprint density at radius 1 is 1.47 bits per heavy atom. The summed E-state index contributed by atoms with van der Waals surface area (Å²) in [5.41, 5.74) is 0.639. The number of carbonyl (C=O) groups is 1. The molecule has 0 radical (unpaired) electrons. The molecule has 1 aliphatic heterocycles. The molecule has 1 atom stereocenters. The number of amides is 1. The summed E-state index contributed by atoms with van der Waals surface area (Å²) in [6.45, 7) is 2.62. The van der Waals surface area contributed by atoms with Gasteiger partial charge < -0.3 is 15.1 Å². The first-order valence-electron chi connectivity index (χ1n) is 6.41. The number of halogens is 1. The predicted molar refractivity (Wildman–Crippen MR) is 74.5 cm³/mol. The van der Waals surface area contributed by atoms with E-state index in [9.17, 15) is 4.79 Å². The van der Waals surface area contributed by atoms with Gasteiger partial charge in [-0.3, -0.25) is 4.79 Å². The monoisotopic (exact) mass is 278 g/mol. The van der Waals surface area contributed by atoms with Crippen LogP contribution in [-0.4, -0.2) is 25.5 Å². The van der Waals surface area contributed by atoms with E-state index in [2.05, 4.69) is 10.6 Å². The fraction of sp³-hybridized carbons (Fsp3) is 0.357. The van der Waals surface area contributed by atoms with Gasteiger partial charge in [0.05, 0.1) is 5.02 Å². The lowest BCUT2D eigenvalue weighted by Gasteiger charge is -2.08. The Hall–Kier alpha value is -1.52. The van der Waals surface area contributed by atoms with Crippen molar-refractivity contribution in [2.45, 2.75) is 6.42 Å². The highest BCUT2D eigenvalue weighted by Crippen LogP contribution is 2.30. The van der Waals surface area contributed by atoms with Gasteiger partial charge in [-0.2, -0.15) is 0 Å². The van der Waals surface area contributed by atoms with Crippen LogP contribution < -0.4 is 10.6 Å². The lowest BCUT2D eigenvalue weighted by molar-refractivity contribution is 0.0923. The third-order valence-electron chi connectivity index (χ3n) is 3.45. The number of fused-ring (bicyclic) bond motifs is 1. The fourth-order valence-corrected chi connectivity index (χ4v) is 2.65. The summed E-state index contributed by atoms with van der Waals surface area (Å²) in [5.74, 6) is 0.453. The zero-order valence-electron chi connectivity index (χ0n) is 10.4. The molecule has 1 amide bonds. The van der Waals surface area contributed by atoms with Crippen LogP contribution in [0.2, 0.25) is 5.02 Å². The molecule has 1 fully saturated rings. The number of para-hydroxylation sites is 1. The van der Waals surface area contributed by atoms with Gasteiger partial charge in [-0.25, -0.2) is 0 Å². The van der Waals surface area contributed by atoms with Gasteiger partial charge in [0.2, 0.25) is 5.76 Å². The van der Waals surface area contributed by atoms with Crippen molar-refractivity contribution >= 4 is 28.5 Å². The molecular weight excluding hydrogens is 264 g/mol. The van der Waals surface area contributed by atoms with Gasteiger partial charge in [-0.05, 0) is 37.6 Å². The van der Waals surface area contributed by atoms with Crippen molar-refractivity contribution in [3.8, 4) is 0 Å². The molecule has 5 heteroatoms. The number of benzene rings is 1. The van der Waals surface area contributed by atoms with Crippen LogP contribution in [0, 0.1) is 5.92 Å². The molecule has 0 spiro atoms. The number of carbonyl (C=O) groups excluding carboxylic acids is 1. The number of hydrogen-bond acceptors (Lipinski definition) is 3. The first-order chi connectivity index (χ1) is 9.25. The van der Waals surface area contributed by atoms with E-state index in [1.54, 1.807) is 6.07 Å². The first kappa shape index (κ1) is 12.5. The minimum absolute atomic E-state index is 0.203. The molecule has 3 rings (SSSR count). The topological polar surface area (TPSA) is 54.3 Å². The lowest BCUT2D eigenvalue weighted by atomic mass is 10.1. The lowest BCUT2D eigenvalue weighted by Crippen LogP contribution is -2.30. The zero-order valence-corrected chi connectivity index (χ0v) is 11.2. The summed E-state index contributed by atoms with van der Waals surface area (Å²) < 4.78 is 5.52. The Morgan fingerprint density at radius 3 is 3.05 bits per heavy atom. The van der Waals surface area contributed by atoms with Crippen LogP contribution in [0.5, 0.6) is 0 Å². The molecule has 1 saturated heterocycles. The second kappa shape index (κ2) is 5.23. The summed E-state index contributed by atoms with van der Waals surface area (Å²) in [6.07, 6.45) is 1.09. The van der Waals surface area contributed by atoms with Crippen molar-refractivity contribution < 1.29 is 9.21 Å². The van der Waals surface area contributed by atoms with Crippen molar-refractivity contribution in [2.24, 2.45) is 5.92 Å². The van der Waals surface area contributed by atoms with E-state index in [0.29, 0.717) is 23.1 Å². The van der Waals surface area contributed by atoms with Crippen molar-refractivity contribution in [3.63, 3.8) is 0 Å². The van der Waals surface area contributed by atoms with Crippen LogP contribution in [0.3, 0.4) is 0 Å². The number of furan rings is 1. The SMILES string of the molecule is O=C(NC[C@H]1CCNC1)c1oc2ccccc2c1Cl. The molecular formula is C14H15ClN2O2. The number of hydrogen-bond donors (Lipinski definition) is 2. The minimum Gasteiger partial charge on any atom is -0.449 e. The Kier molecular flexibility index (Phi) is 3.44. The molecule has 19 heavy (non-hydrogen) atoms. The van der Waals surface area contributed by atoms with Gasteiger partial charge >= 0.3 is 0 Å². The first-order valence-corrected chi connectivity index (χ1v) is 6.79. The molecule has 1 aromatic heterocycles. The second-order valence-corrected chi connectivity index (χ2v) is 5.19. The minimum atomic E-state index is -0.243. The third-order valence-corrected chi connectivity index (χ3v) is 3.83. The van der Waals surface area contributed by atoms with Gasteiger partial charge in [0.25, 0.3) is 5.91 Å². The van der Waals surface area contributed by atoms with E-state index in [0.717, 1.165) is 24.9 Å². The summed E-state index contributed by atoms with van der Waals surface area (Å²) in [5, 5.41) is 7.32. The van der Waals surface area contributed by atoms with Crippen LogP contribution in [-0.2, 0) is 0 Å². The highest BCUT2D eigenvalue weighted by Gasteiger charge is 2.21.